The topological polar surface area (TPSA) is 92.4 Å². The van der Waals surface area contributed by atoms with E-state index in [9.17, 15) is 9.59 Å². The van der Waals surface area contributed by atoms with E-state index >= 15 is 0 Å². The van der Waals surface area contributed by atoms with Crippen molar-refractivity contribution >= 4 is 29.3 Å². The molecule has 1 amide bonds. The Balaban J connectivity index is 1.90. The second-order valence-corrected chi connectivity index (χ2v) is 4.58. The maximum Gasteiger partial charge on any atom is 0.328 e. The van der Waals surface area contributed by atoms with Crippen molar-refractivity contribution in [2.75, 3.05) is 0 Å². The third-order valence-corrected chi connectivity index (χ3v) is 3.14. The van der Waals surface area contributed by atoms with Gasteiger partial charge in [-0.15, -0.1) is 11.3 Å². The summed E-state index contributed by atoms with van der Waals surface area (Å²) in [5, 5.41) is 16.5. The molecule has 0 bridgehead atoms. The molecule has 0 spiro atoms. The SMILES string of the molecule is O=C(O)C=Cc1csc(CNC(=O)c2ccon2)c1. The molecule has 0 aliphatic rings. The fourth-order valence-electron chi connectivity index (χ4n) is 1.33. The highest BCUT2D eigenvalue weighted by Crippen LogP contribution is 2.16. The van der Waals surface area contributed by atoms with Crippen LogP contribution in [0.2, 0.25) is 0 Å². The van der Waals surface area contributed by atoms with Crippen LogP contribution in [0.25, 0.3) is 6.08 Å². The van der Waals surface area contributed by atoms with Gasteiger partial charge in [0.2, 0.25) is 0 Å². The van der Waals surface area contributed by atoms with E-state index in [1.54, 1.807) is 0 Å². The Hall–Kier alpha value is -2.41. The molecule has 0 saturated heterocycles. The fourth-order valence-corrected chi connectivity index (χ4v) is 2.13. The number of hydrogen-bond donors (Lipinski definition) is 2. The Bertz CT molecular complexity index is 601. The standard InChI is InChI=1S/C12H10N2O4S/c15-11(16)2-1-8-5-9(19-7-8)6-13-12(17)10-3-4-18-14-10/h1-5,7H,6H2,(H,13,17)(H,15,16). The maximum absolute atomic E-state index is 11.6. The van der Waals surface area contributed by atoms with E-state index < -0.39 is 5.97 Å². The number of carboxylic acids is 1. The molecular formula is C12H10N2O4S. The summed E-state index contributed by atoms with van der Waals surface area (Å²) in [7, 11) is 0. The monoisotopic (exact) mass is 278 g/mol. The average molecular weight is 278 g/mol. The second kappa shape index (κ2) is 5.96. The first-order valence-electron chi connectivity index (χ1n) is 5.32. The van der Waals surface area contributed by atoms with Crippen molar-refractivity contribution in [3.63, 3.8) is 0 Å². The second-order valence-electron chi connectivity index (χ2n) is 3.59. The van der Waals surface area contributed by atoms with Crippen molar-refractivity contribution in [1.82, 2.24) is 10.5 Å². The van der Waals surface area contributed by atoms with E-state index in [2.05, 4.69) is 15.0 Å². The number of aromatic nitrogens is 1. The Morgan fingerprint density at radius 2 is 2.37 bits per heavy atom. The lowest BCUT2D eigenvalue weighted by molar-refractivity contribution is -0.131. The van der Waals surface area contributed by atoms with Crippen LogP contribution in [0.15, 0.2) is 34.4 Å². The number of carbonyl (C=O) groups excluding carboxylic acids is 1. The molecule has 0 aliphatic heterocycles. The van der Waals surface area contributed by atoms with Gasteiger partial charge in [0.25, 0.3) is 5.91 Å². The zero-order chi connectivity index (χ0) is 13.7. The summed E-state index contributed by atoms with van der Waals surface area (Å²) in [5.41, 5.74) is 1.01. The predicted molar refractivity (Wildman–Crippen MR) is 68.7 cm³/mol. The van der Waals surface area contributed by atoms with Gasteiger partial charge >= 0.3 is 5.97 Å². The van der Waals surface area contributed by atoms with Gasteiger partial charge in [0.1, 0.15) is 6.26 Å². The minimum atomic E-state index is -0.993. The van der Waals surface area contributed by atoms with Gasteiger partial charge in [-0.3, -0.25) is 4.79 Å². The van der Waals surface area contributed by atoms with Gasteiger partial charge in [0.15, 0.2) is 5.69 Å². The molecule has 0 aromatic carbocycles. The molecule has 0 unspecified atom stereocenters. The number of carbonyl (C=O) groups is 2. The van der Waals surface area contributed by atoms with Gasteiger partial charge in [0, 0.05) is 17.0 Å². The highest BCUT2D eigenvalue weighted by Gasteiger charge is 2.08. The van der Waals surface area contributed by atoms with Crippen molar-refractivity contribution in [3.05, 3.63) is 46.0 Å². The predicted octanol–water partition coefficient (Wildman–Crippen LogP) is 1.76. The van der Waals surface area contributed by atoms with Gasteiger partial charge in [-0.2, -0.15) is 0 Å². The van der Waals surface area contributed by atoms with Gasteiger partial charge in [0.05, 0.1) is 6.54 Å². The Labute approximate surface area is 112 Å². The van der Waals surface area contributed by atoms with Crippen LogP contribution in [0.4, 0.5) is 0 Å². The number of nitrogens with one attached hydrogen (secondary N) is 1. The Morgan fingerprint density at radius 3 is 3.05 bits per heavy atom. The van der Waals surface area contributed by atoms with E-state index in [4.69, 9.17) is 5.11 Å². The molecule has 0 aliphatic carbocycles. The molecule has 98 valence electrons. The number of nitrogens with zero attached hydrogens (tertiary/aromatic N) is 1. The minimum Gasteiger partial charge on any atom is -0.478 e. The molecule has 2 aromatic heterocycles. The van der Waals surface area contributed by atoms with Crippen molar-refractivity contribution in [3.8, 4) is 0 Å². The van der Waals surface area contributed by atoms with Gasteiger partial charge < -0.3 is 14.9 Å². The van der Waals surface area contributed by atoms with Crippen molar-refractivity contribution in [2.24, 2.45) is 0 Å². The Kier molecular flexibility index (Phi) is 4.09. The molecule has 19 heavy (non-hydrogen) atoms. The van der Waals surface area contributed by atoms with Crippen LogP contribution in [0.3, 0.4) is 0 Å². The van der Waals surface area contributed by atoms with E-state index in [1.165, 1.54) is 29.7 Å². The van der Waals surface area contributed by atoms with Gasteiger partial charge in [-0.1, -0.05) is 5.16 Å². The van der Waals surface area contributed by atoms with Crippen LogP contribution < -0.4 is 5.32 Å². The smallest absolute Gasteiger partial charge is 0.328 e. The molecule has 2 heterocycles. The third kappa shape index (κ3) is 3.78. The number of amides is 1. The summed E-state index contributed by atoms with van der Waals surface area (Å²) < 4.78 is 4.57. The van der Waals surface area contributed by atoms with E-state index in [1.807, 2.05) is 11.4 Å². The van der Waals surface area contributed by atoms with Crippen LogP contribution in [0, 0.1) is 0 Å². The van der Waals surface area contributed by atoms with E-state index in [-0.39, 0.29) is 11.6 Å². The van der Waals surface area contributed by atoms with Crippen LogP contribution >= 0.6 is 11.3 Å². The van der Waals surface area contributed by atoms with Crippen LogP contribution in [-0.4, -0.2) is 22.1 Å². The molecule has 0 atom stereocenters. The normalized spacial score (nSPS) is 10.7. The zero-order valence-corrected chi connectivity index (χ0v) is 10.5. The molecule has 7 heteroatoms. The zero-order valence-electron chi connectivity index (χ0n) is 9.70. The van der Waals surface area contributed by atoms with Crippen LogP contribution in [0.5, 0.6) is 0 Å². The number of rotatable bonds is 5. The average Bonchev–Trinajstić information content (AvgIpc) is 3.04. The summed E-state index contributed by atoms with van der Waals surface area (Å²) >= 11 is 1.44. The molecule has 6 nitrogen and oxygen atoms in total. The fraction of sp³-hybridized carbons (Fsp3) is 0.0833. The van der Waals surface area contributed by atoms with Gasteiger partial charge in [-0.25, -0.2) is 4.79 Å². The highest BCUT2D eigenvalue weighted by atomic mass is 32.1. The van der Waals surface area contributed by atoms with Gasteiger partial charge in [-0.05, 0) is 23.1 Å². The van der Waals surface area contributed by atoms with Crippen molar-refractivity contribution < 1.29 is 19.2 Å². The van der Waals surface area contributed by atoms with E-state index in [0.29, 0.717) is 6.54 Å². The van der Waals surface area contributed by atoms with Crippen LogP contribution in [-0.2, 0) is 11.3 Å². The molecule has 0 fully saturated rings. The molecule has 2 rings (SSSR count). The minimum absolute atomic E-state index is 0.225. The lowest BCUT2D eigenvalue weighted by Gasteiger charge is -1.99. The molecule has 0 radical (unpaired) electrons. The molecule has 2 aromatic rings. The highest BCUT2D eigenvalue weighted by molar-refractivity contribution is 7.10. The quantitative estimate of drug-likeness (QED) is 0.813. The van der Waals surface area contributed by atoms with Crippen molar-refractivity contribution in [2.45, 2.75) is 6.54 Å². The maximum atomic E-state index is 11.6. The third-order valence-electron chi connectivity index (χ3n) is 2.19. The Morgan fingerprint density at radius 1 is 1.53 bits per heavy atom. The number of thiophene rings is 1. The summed E-state index contributed by atoms with van der Waals surface area (Å²) in [4.78, 5) is 22.9. The number of aliphatic carboxylic acids is 1. The first-order valence-corrected chi connectivity index (χ1v) is 6.20. The molecule has 2 N–H and O–H groups in total. The molecule has 0 saturated carbocycles. The van der Waals surface area contributed by atoms with Crippen LogP contribution in [0.1, 0.15) is 20.9 Å². The van der Waals surface area contributed by atoms with Crippen molar-refractivity contribution in [1.29, 1.82) is 0 Å². The first-order chi connectivity index (χ1) is 9.15. The molecular weight excluding hydrogens is 268 g/mol. The number of hydrogen-bond acceptors (Lipinski definition) is 5. The summed E-state index contributed by atoms with van der Waals surface area (Å²) in [5.74, 6) is -1.31. The lowest BCUT2D eigenvalue weighted by atomic mass is 10.3. The summed E-state index contributed by atoms with van der Waals surface area (Å²) in [6.07, 6.45) is 3.90. The number of carboxylic acid groups (broad SMARTS) is 1. The summed E-state index contributed by atoms with van der Waals surface area (Å²) in [6, 6.07) is 3.29. The lowest BCUT2D eigenvalue weighted by Crippen LogP contribution is -2.22. The van der Waals surface area contributed by atoms with E-state index in [0.717, 1.165) is 16.5 Å². The summed E-state index contributed by atoms with van der Waals surface area (Å²) in [6.45, 7) is 0.358. The largest absolute Gasteiger partial charge is 0.478 e. The first kappa shape index (κ1) is 13.0.